The monoisotopic (exact) mass is 387 g/mol. The number of piperidine rings is 1. The van der Waals surface area contributed by atoms with E-state index in [1.54, 1.807) is 20.1 Å². The molecule has 1 aliphatic rings. The standard InChI is InChI=1S/C20H28F3NO3/c1-4-27-18(25)19(9-11-24(12-10-19)15(2)14-26-3)13-16-7-5-6-8-17(16)20(21,22)23/h5-8,15H,4,9-14H2,1-3H3/t15-/m0/s1. The summed E-state index contributed by atoms with van der Waals surface area (Å²) in [4.78, 5) is 14.9. The number of alkyl halides is 3. The van der Waals surface area contributed by atoms with E-state index in [-0.39, 0.29) is 24.6 Å². The lowest BCUT2D eigenvalue weighted by molar-refractivity contribution is -0.159. The van der Waals surface area contributed by atoms with Gasteiger partial charge in [0.1, 0.15) is 0 Å². The highest BCUT2D eigenvalue weighted by molar-refractivity contribution is 5.77. The summed E-state index contributed by atoms with van der Waals surface area (Å²) in [5.41, 5.74) is -1.46. The zero-order valence-electron chi connectivity index (χ0n) is 16.1. The van der Waals surface area contributed by atoms with Crippen LogP contribution in [0.25, 0.3) is 0 Å². The van der Waals surface area contributed by atoms with Gasteiger partial charge in [0.15, 0.2) is 0 Å². The third-order valence-electron chi connectivity index (χ3n) is 5.35. The molecule has 4 nitrogen and oxygen atoms in total. The summed E-state index contributed by atoms with van der Waals surface area (Å²) in [6.45, 7) is 5.79. The molecule has 0 radical (unpaired) electrons. The molecule has 2 rings (SSSR count). The topological polar surface area (TPSA) is 38.8 Å². The van der Waals surface area contributed by atoms with E-state index in [4.69, 9.17) is 9.47 Å². The number of carbonyl (C=O) groups excluding carboxylic acids is 1. The van der Waals surface area contributed by atoms with E-state index in [0.29, 0.717) is 32.5 Å². The minimum atomic E-state index is -4.44. The van der Waals surface area contributed by atoms with Crippen molar-refractivity contribution in [3.63, 3.8) is 0 Å². The Morgan fingerprint density at radius 1 is 1.26 bits per heavy atom. The number of nitrogens with zero attached hydrogens (tertiary/aromatic N) is 1. The average Bonchev–Trinajstić information content (AvgIpc) is 2.62. The quantitative estimate of drug-likeness (QED) is 0.665. The lowest BCUT2D eigenvalue weighted by Crippen LogP contribution is -2.50. The normalized spacial score (nSPS) is 18.9. The number of hydrogen-bond donors (Lipinski definition) is 0. The summed E-state index contributed by atoms with van der Waals surface area (Å²) < 4.78 is 50.6. The van der Waals surface area contributed by atoms with Crippen LogP contribution in [0.15, 0.2) is 24.3 Å². The third-order valence-corrected chi connectivity index (χ3v) is 5.35. The van der Waals surface area contributed by atoms with Gasteiger partial charge in [0.05, 0.1) is 24.2 Å². The highest BCUT2D eigenvalue weighted by Gasteiger charge is 2.45. The van der Waals surface area contributed by atoms with Gasteiger partial charge in [-0.3, -0.25) is 9.69 Å². The molecule has 1 saturated heterocycles. The fraction of sp³-hybridized carbons (Fsp3) is 0.650. The minimum Gasteiger partial charge on any atom is -0.466 e. The maximum atomic E-state index is 13.4. The third kappa shape index (κ3) is 5.23. The van der Waals surface area contributed by atoms with Crippen molar-refractivity contribution in [3.8, 4) is 0 Å². The number of hydrogen-bond acceptors (Lipinski definition) is 4. The number of benzene rings is 1. The van der Waals surface area contributed by atoms with Gasteiger partial charge in [-0.25, -0.2) is 0 Å². The fourth-order valence-corrected chi connectivity index (χ4v) is 3.79. The Labute approximate surface area is 158 Å². The molecule has 152 valence electrons. The van der Waals surface area contributed by atoms with Gasteiger partial charge in [0.25, 0.3) is 0 Å². The molecule has 1 aromatic carbocycles. The Morgan fingerprint density at radius 3 is 2.44 bits per heavy atom. The van der Waals surface area contributed by atoms with Crippen LogP contribution in [0.2, 0.25) is 0 Å². The molecule has 1 heterocycles. The molecule has 0 unspecified atom stereocenters. The van der Waals surface area contributed by atoms with Gasteiger partial charge in [-0.05, 0) is 57.8 Å². The van der Waals surface area contributed by atoms with E-state index in [2.05, 4.69) is 4.90 Å². The highest BCUT2D eigenvalue weighted by atomic mass is 19.4. The molecule has 1 aromatic rings. The van der Waals surface area contributed by atoms with Gasteiger partial charge >= 0.3 is 12.1 Å². The van der Waals surface area contributed by atoms with Crippen LogP contribution in [0.1, 0.15) is 37.8 Å². The van der Waals surface area contributed by atoms with E-state index in [1.807, 2.05) is 6.92 Å². The second-order valence-corrected chi connectivity index (χ2v) is 7.17. The molecule has 0 bridgehead atoms. The molecule has 0 amide bonds. The Bertz CT molecular complexity index is 625. The molecule has 0 aromatic heterocycles. The van der Waals surface area contributed by atoms with Crippen molar-refractivity contribution in [1.29, 1.82) is 0 Å². The van der Waals surface area contributed by atoms with E-state index < -0.39 is 23.1 Å². The predicted octanol–water partition coefficient (Wildman–Crippen LogP) is 3.93. The molecule has 0 saturated carbocycles. The average molecular weight is 387 g/mol. The largest absolute Gasteiger partial charge is 0.466 e. The van der Waals surface area contributed by atoms with Gasteiger partial charge in [-0.1, -0.05) is 18.2 Å². The number of rotatable bonds is 7. The molecule has 0 aliphatic carbocycles. The first-order valence-corrected chi connectivity index (χ1v) is 9.29. The van der Waals surface area contributed by atoms with Crippen molar-refractivity contribution in [2.45, 2.75) is 45.3 Å². The van der Waals surface area contributed by atoms with Gasteiger partial charge in [0, 0.05) is 13.2 Å². The predicted molar refractivity (Wildman–Crippen MR) is 96.4 cm³/mol. The number of carbonyl (C=O) groups is 1. The number of methoxy groups -OCH3 is 1. The first-order valence-electron chi connectivity index (χ1n) is 9.29. The van der Waals surface area contributed by atoms with Crippen molar-refractivity contribution in [2.75, 3.05) is 33.4 Å². The Morgan fingerprint density at radius 2 is 1.89 bits per heavy atom. The smallest absolute Gasteiger partial charge is 0.416 e. The minimum absolute atomic E-state index is 0.0357. The number of halogens is 3. The SMILES string of the molecule is CCOC(=O)C1(Cc2ccccc2C(F)(F)F)CCN([C@@H](C)COC)CC1. The Balaban J connectivity index is 2.26. The van der Waals surface area contributed by atoms with Gasteiger partial charge < -0.3 is 9.47 Å². The van der Waals surface area contributed by atoms with Gasteiger partial charge in [-0.2, -0.15) is 13.2 Å². The maximum absolute atomic E-state index is 13.4. The Hall–Kier alpha value is -1.60. The van der Waals surface area contributed by atoms with Crippen molar-refractivity contribution in [1.82, 2.24) is 4.90 Å². The van der Waals surface area contributed by atoms with Crippen LogP contribution in [0.5, 0.6) is 0 Å². The summed E-state index contributed by atoms with van der Waals surface area (Å²) in [6.07, 6.45) is -3.48. The summed E-state index contributed by atoms with van der Waals surface area (Å²) in [5, 5.41) is 0. The molecule has 1 aliphatic heterocycles. The van der Waals surface area contributed by atoms with Gasteiger partial charge in [0.2, 0.25) is 0 Å². The van der Waals surface area contributed by atoms with Crippen molar-refractivity contribution >= 4 is 5.97 Å². The number of likely N-dealkylation sites (tertiary alicyclic amines) is 1. The van der Waals surface area contributed by atoms with Crippen LogP contribution in [-0.4, -0.2) is 50.3 Å². The van der Waals surface area contributed by atoms with E-state index in [9.17, 15) is 18.0 Å². The molecule has 1 fully saturated rings. The van der Waals surface area contributed by atoms with Crippen LogP contribution in [0.4, 0.5) is 13.2 Å². The zero-order chi connectivity index (χ0) is 20.1. The second kappa shape index (κ2) is 9.06. The maximum Gasteiger partial charge on any atom is 0.416 e. The molecule has 0 spiro atoms. The molecule has 27 heavy (non-hydrogen) atoms. The van der Waals surface area contributed by atoms with Crippen LogP contribution in [-0.2, 0) is 26.9 Å². The van der Waals surface area contributed by atoms with Crippen molar-refractivity contribution in [2.24, 2.45) is 5.41 Å². The molecule has 1 atom stereocenters. The van der Waals surface area contributed by atoms with Crippen molar-refractivity contribution in [3.05, 3.63) is 35.4 Å². The van der Waals surface area contributed by atoms with Crippen LogP contribution >= 0.6 is 0 Å². The summed E-state index contributed by atoms with van der Waals surface area (Å²) in [7, 11) is 1.64. The van der Waals surface area contributed by atoms with E-state index in [1.165, 1.54) is 12.1 Å². The summed E-state index contributed by atoms with van der Waals surface area (Å²) in [6, 6.07) is 5.68. The van der Waals surface area contributed by atoms with Crippen LogP contribution < -0.4 is 0 Å². The summed E-state index contributed by atoms with van der Waals surface area (Å²) in [5.74, 6) is -0.402. The first kappa shape index (κ1) is 21.7. The Kier molecular flexibility index (Phi) is 7.28. The molecular formula is C20H28F3NO3. The number of esters is 1. The first-order chi connectivity index (χ1) is 12.7. The highest BCUT2D eigenvalue weighted by Crippen LogP contribution is 2.40. The number of ether oxygens (including phenoxy) is 2. The van der Waals surface area contributed by atoms with Crippen molar-refractivity contribution < 1.29 is 27.4 Å². The van der Waals surface area contributed by atoms with Crippen LogP contribution in [0, 0.1) is 5.41 Å². The molecular weight excluding hydrogens is 359 g/mol. The lowest BCUT2D eigenvalue weighted by Gasteiger charge is -2.42. The fourth-order valence-electron chi connectivity index (χ4n) is 3.79. The van der Waals surface area contributed by atoms with E-state index >= 15 is 0 Å². The second-order valence-electron chi connectivity index (χ2n) is 7.17. The lowest BCUT2D eigenvalue weighted by atomic mass is 9.72. The van der Waals surface area contributed by atoms with E-state index in [0.717, 1.165) is 6.07 Å². The van der Waals surface area contributed by atoms with Gasteiger partial charge in [-0.15, -0.1) is 0 Å². The zero-order valence-corrected chi connectivity index (χ0v) is 16.1. The molecule has 7 heteroatoms. The summed E-state index contributed by atoms with van der Waals surface area (Å²) >= 11 is 0. The molecule has 0 N–H and O–H groups in total. The van der Waals surface area contributed by atoms with Crippen LogP contribution in [0.3, 0.4) is 0 Å².